The van der Waals surface area contributed by atoms with Gasteiger partial charge >= 0.3 is 6.18 Å². The molecule has 3 aromatic carbocycles. The van der Waals surface area contributed by atoms with Crippen LogP contribution in [0.2, 0.25) is 0 Å². The van der Waals surface area contributed by atoms with Crippen LogP contribution in [0.15, 0.2) is 36.4 Å². The zero-order valence-electron chi connectivity index (χ0n) is 24.0. The fourth-order valence-corrected chi connectivity index (χ4v) is 9.68. The molecule has 3 heterocycles. The predicted octanol–water partition coefficient (Wildman–Crippen LogP) is 8.68. The molecule has 0 fully saturated rings. The molecule has 0 aliphatic heterocycles. The number of thiophene rings is 1. The predicted molar refractivity (Wildman–Crippen MR) is 175 cm³/mol. The van der Waals surface area contributed by atoms with Crippen LogP contribution in [0.25, 0.3) is 53.1 Å². The van der Waals surface area contributed by atoms with E-state index in [2.05, 4.69) is 0 Å². The van der Waals surface area contributed by atoms with E-state index < -0.39 is 34.9 Å². The Hall–Kier alpha value is -4.65. The summed E-state index contributed by atoms with van der Waals surface area (Å²) in [4.78, 5) is 61.2. The number of nitrogens with zero attached hydrogens (tertiary/aromatic N) is 2. The Bertz CT molecular complexity index is 2530. The van der Waals surface area contributed by atoms with Crippen molar-refractivity contribution in [1.29, 1.82) is 0 Å². The smallest absolute Gasteiger partial charge is 0.285 e. The Morgan fingerprint density at radius 1 is 0.630 bits per heavy atom. The fourth-order valence-electron chi connectivity index (χ4n) is 6.09. The van der Waals surface area contributed by atoms with Crippen LogP contribution in [0.4, 0.5) is 13.2 Å². The van der Waals surface area contributed by atoms with Crippen molar-refractivity contribution in [3.63, 3.8) is 0 Å². The minimum atomic E-state index is -4.64. The van der Waals surface area contributed by atoms with E-state index >= 15 is 0 Å². The Kier molecular flexibility index (Phi) is 6.06. The number of hydrogen-bond donors (Lipinski definition) is 0. The molecule has 0 saturated heterocycles. The Labute approximate surface area is 269 Å². The number of hydrogen-bond acceptors (Lipinski definition) is 9. The van der Waals surface area contributed by atoms with Crippen molar-refractivity contribution in [2.45, 2.75) is 26.9 Å². The maximum absolute atomic E-state index is 13.2. The highest BCUT2D eigenvalue weighted by molar-refractivity contribution is 7.32. The number of aromatic nitrogens is 2. The second-order valence-corrected chi connectivity index (χ2v) is 14.3. The monoisotopic (exact) mass is 670 g/mol. The van der Waals surface area contributed by atoms with Crippen molar-refractivity contribution in [2.24, 2.45) is 0 Å². The summed E-state index contributed by atoms with van der Waals surface area (Å²) in [6.45, 7) is 5.83. The molecule has 8 rings (SSSR count). The lowest BCUT2D eigenvalue weighted by atomic mass is 10.0. The number of Topliss-reactive ketones (excluding diaryl/α,β-unsaturated/α-hetero) is 4. The Morgan fingerprint density at radius 2 is 1.22 bits per heavy atom. The van der Waals surface area contributed by atoms with E-state index in [1.165, 1.54) is 40.1 Å². The quantitative estimate of drug-likeness (QED) is 0.135. The number of ketones is 4. The van der Waals surface area contributed by atoms with E-state index in [9.17, 15) is 32.3 Å². The van der Waals surface area contributed by atoms with E-state index in [0.29, 0.717) is 26.7 Å². The maximum Gasteiger partial charge on any atom is 0.416 e. The molecule has 2 aliphatic carbocycles. The number of benzene rings is 3. The highest BCUT2D eigenvalue weighted by atomic mass is 32.1. The molecule has 6 aromatic rings. The van der Waals surface area contributed by atoms with Crippen LogP contribution in [0.1, 0.15) is 64.1 Å². The molecule has 0 saturated carbocycles. The fraction of sp³-hybridized carbons (Fsp3) is 0.118. The SMILES string of the molecule is Cc1ccc2c(c1)C(=O)C(=O)/C2=C\c1nc2c(C)c3sc4nc(/C=C5\C(=O)C(=O)c6cc(C(F)(F)F)ccc65)sc4c3c(C)c2s1. The van der Waals surface area contributed by atoms with E-state index in [0.717, 1.165) is 64.7 Å². The highest BCUT2D eigenvalue weighted by Crippen LogP contribution is 2.46. The first-order valence-electron chi connectivity index (χ1n) is 13.9. The molecule has 0 radical (unpaired) electrons. The molecule has 2 aliphatic rings. The van der Waals surface area contributed by atoms with Crippen LogP contribution in [0.5, 0.6) is 0 Å². The number of aryl methyl sites for hydroxylation is 3. The number of carbonyl (C=O) groups is 4. The lowest BCUT2D eigenvalue weighted by Gasteiger charge is -2.07. The molecule has 3 aromatic heterocycles. The number of fused-ring (bicyclic) bond motifs is 6. The van der Waals surface area contributed by atoms with Gasteiger partial charge < -0.3 is 0 Å². The molecule has 46 heavy (non-hydrogen) atoms. The molecule has 0 spiro atoms. The van der Waals surface area contributed by atoms with E-state index in [-0.39, 0.29) is 16.7 Å². The van der Waals surface area contributed by atoms with Gasteiger partial charge in [0.2, 0.25) is 23.1 Å². The van der Waals surface area contributed by atoms with Gasteiger partial charge in [-0.25, -0.2) is 9.97 Å². The van der Waals surface area contributed by atoms with Crippen molar-refractivity contribution in [3.05, 3.63) is 90.9 Å². The molecule has 0 N–H and O–H groups in total. The standard InChI is InChI=1S/C34H17F3N2O4S3/c1-12-4-6-16-18(8-12)26(40)28(42)20(16)10-22-38-25-14(3)30-24(13(2)31(25)44-22)32-33(46-30)39-23(45-32)11-21-17-7-5-15(34(35,36)37)9-19(17)27(41)29(21)43/h4-11H,1-3H3/b20-10-,21-11-. The molecule has 0 amide bonds. The zero-order valence-corrected chi connectivity index (χ0v) is 26.5. The van der Waals surface area contributed by atoms with Crippen LogP contribution < -0.4 is 0 Å². The van der Waals surface area contributed by atoms with Crippen LogP contribution >= 0.6 is 34.0 Å². The number of carbonyl (C=O) groups excluding carboxylic acids is 4. The van der Waals surface area contributed by atoms with Crippen molar-refractivity contribution in [2.75, 3.05) is 0 Å². The summed E-state index contributed by atoms with van der Waals surface area (Å²) in [5.41, 5.74) is 3.87. The number of thiazole rings is 2. The van der Waals surface area contributed by atoms with Gasteiger partial charge in [0, 0.05) is 32.4 Å². The molecular weight excluding hydrogens is 654 g/mol. The Balaban J connectivity index is 1.23. The largest absolute Gasteiger partial charge is 0.416 e. The van der Waals surface area contributed by atoms with Crippen molar-refractivity contribution >= 4 is 110 Å². The number of alkyl halides is 3. The lowest BCUT2D eigenvalue weighted by molar-refractivity contribution is -0.137. The van der Waals surface area contributed by atoms with E-state index in [1.54, 1.807) is 18.2 Å². The normalized spacial score (nSPS) is 16.7. The average molecular weight is 671 g/mol. The van der Waals surface area contributed by atoms with Crippen LogP contribution in [0.3, 0.4) is 0 Å². The van der Waals surface area contributed by atoms with Gasteiger partial charge in [0.05, 0.1) is 20.5 Å². The Morgan fingerprint density at radius 3 is 1.87 bits per heavy atom. The second-order valence-electron chi connectivity index (χ2n) is 11.2. The van der Waals surface area contributed by atoms with E-state index in [4.69, 9.17) is 9.97 Å². The maximum atomic E-state index is 13.2. The second kappa shape index (κ2) is 9.68. The molecule has 0 bridgehead atoms. The minimum absolute atomic E-state index is 0.0199. The van der Waals surface area contributed by atoms with Gasteiger partial charge in [-0.3, -0.25) is 19.2 Å². The van der Waals surface area contributed by atoms with Gasteiger partial charge in [0.25, 0.3) is 0 Å². The van der Waals surface area contributed by atoms with Crippen LogP contribution in [-0.2, 0) is 15.8 Å². The topological polar surface area (TPSA) is 94.1 Å². The summed E-state index contributed by atoms with van der Waals surface area (Å²) in [7, 11) is 0. The first-order chi connectivity index (χ1) is 21.8. The van der Waals surface area contributed by atoms with Crippen LogP contribution in [-0.4, -0.2) is 33.1 Å². The van der Waals surface area contributed by atoms with Gasteiger partial charge in [-0.2, -0.15) is 13.2 Å². The van der Waals surface area contributed by atoms with Crippen molar-refractivity contribution in [1.82, 2.24) is 9.97 Å². The van der Waals surface area contributed by atoms with Gasteiger partial charge in [-0.1, -0.05) is 23.8 Å². The third kappa shape index (κ3) is 4.06. The first-order valence-corrected chi connectivity index (χ1v) is 16.3. The number of halogens is 3. The average Bonchev–Trinajstić information content (AvgIpc) is 3.79. The van der Waals surface area contributed by atoms with Gasteiger partial charge in [0.15, 0.2) is 0 Å². The molecule has 12 heteroatoms. The number of rotatable bonds is 2. The lowest BCUT2D eigenvalue weighted by Crippen LogP contribution is -2.08. The van der Waals surface area contributed by atoms with E-state index in [1.807, 2.05) is 26.8 Å². The highest BCUT2D eigenvalue weighted by Gasteiger charge is 2.38. The van der Waals surface area contributed by atoms with Crippen molar-refractivity contribution < 1.29 is 32.3 Å². The van der Waals surface area contributed by atoms with Gasteiger partial charge in [0.1, 0.15) is 14.8 Å². The van der Waals surface area contributed by atoms with Gasteiger partial charge in [-0.05, 0) is 73.4 Å². The summed E-state index contributed by atoms with van der Waals surface area (Å²) in [5.74, 6) is -2.90. The molecule has 0 unspecified atom stereocenters. The zero-order chi connectivity index (χ0) is 32.4. The summed E-state index contributed by atoms with van der Waals surface area (Å²) in [5, 5.41) is 2.04. The minimum Gasteiger partial charge on any atom is -0.285 e. The summed E-state index contributed by atoms with van der Waals surface area (Å²) < 4.78 is 42.5. The summed E-state index contributed by atoms with van der Waals surface area (Å²) >= 11 is 4.22. The molecular formula is C34H17F3N2O4S3. The third-order valence-electron chi connectivity index (χ3n) is 8.35. The summed E-state index contributed by atoms with van der Waals surface area (Å²) in [6, 6.07) is 8.13. The summed E-state index contributed by atoms with van der Waals surface area (Å²) in [6.07, 6.45) is -1.49. The molecule has 0 atom stereocenters. The first kappa shape index (κ1) is 28.8. The van der Waals surface area contributed by atoms with Crippen molar-refractivity contribution in [3.8, 4) is 0 Å². The number of allylic oxidation sites excluding steroid dienone is 2. The van der Waals surface area contributed by atoms with Gasteiger partial charge in [-0.15, -0.1) is 34.0 Å². The van der Waals surface area contributed by atoms with Crippen LogP contribution in [0, 0.1) is 20.8 Å². The molecule has 6 nitrogen and oxygen atoms in total. The third-order valence-corrected chi connectivity index (χ3v) is 11.8. The molecule has 226 valence electrons.